The lowest BCUT2D eigenvalue weighted by atomic mass is 10.0. The second-order valence-corrected chi connectivity index (χ2v) is 5.84. The molecule has 1 N–H and O–H groups in total. The minimum absolute atomic E-state index is 0.668. The maximum atomic E-state index is 10.4. The number of hydrogen-bond donors (Lipinski definition) is 1. The Hall–Kier alpha value is -1.42. The van der Waals surface area contributed by atoms with Crippen molar-refractivity contribution in [3.63, 3.8) is 0 Å². The third-order valence-corrected chi connectivity index (χ3v) is 4.41. The van der Waals surface area contributed by atoms with Crippen LogP contribution in [0.3, 0.4) is 0 Å². The zero-order chi connectivity index (χ0) is 13.4. The molecule has 0 saturated heterocycles. The summed E-state index contributed by atoms with van der Waals surface area (Å²) in [4.78, 5) is 4.35. The molecule has 19 heavy (non-hydrogen) atoms. The third kappa shape index (κ3) is 2.37. The Morgan fingerprint density at radius 2 is 2.05 bits per heavy atom. The van der Waals surface area contributed by atoms with Gasteiger partial charge in [0.15, 0.2) is 0 Å². The highest BCUT2D eigenvalue weighted by molar-refractivity contribution is 7.17. The van der Waals surface area contributed by atoms with E-state index in [9.17, 15) is 5.11 Å². The summed E-state index contributed by atoms with van der Waals surface area (Å²) in [7, 11) is 0. The molecule has 0 bridgehead atoms. The number of aliphatic hydroxyl groups excluding tert-OH is 1. The van der Waals surface area contributed by atoms with E-state index in [1.807, 2.05) is 36.6 Å². The van der Waals surface area contributed by atoms with Crippen LogP contribution in [0.2, 0.25) is 5.02 Å². The first-order valence-corrected chi connectivity index (χ1v) is 7.18. The predicted octanol–water partition coefficient (Wildman–Crippen LogP) is 4.34. The minimum Gasteiger partial charge on any atom is -0.384 e. The van der Waals surface area contributed by atoms with Crippen LogP contribution in [0.15, 0.2) is 41.9 Å². The van der Waals surface area contributed by atoms with Gasteiger partial charge in [-0.05, 0) is 41.6 Å². The van der Waals surface area contributed by atoms with Gasteiger partial charge in [-0.1, -0.05) is 23.7 Å². The van der Waals surface area contributed by atoms with Crippen molar-refractivity contribution in [1.29, 1.82) is 0 Å². The van der Waals surface area contributed by atoms with Crippen molar-refractivity contribution in [2.75, 3.05) is 0 Å². The van der Waals surface area contributed by atoms with Crippen molar-refractivity contribution in [3.8, 4) is 0 Å². The minimum atomic E-state index is -0.697. The van der Waals surface area contributed by atoms with Crippen molar-refractivity contribution in [2.45, 2.75) is 13.0 Å². The molecule has 1 unspecified atom stereocenters. The maximum absolute atomic E-state index is 10.4. The summed E-state index contributed by atoms with van der Waals surface area (Å²) < 4.78 is 1.08. The van der Waals surface area contributed by atoms with E-state index < -0.39 is 6.10 Å². The van der Waals surface area contributed by atoms with Gasteiger partial charge in [-0.3, -0.25) is 4.98 Å². The van der Waals surface area contributed by atoms with Crippen molar-refractivity contribution in [1.82, 2.24) is 4.98 Å². The zero-order valence-corrected chi connectivity index (χ0v) is 11.9. The van der Waals surface area contributed by atoms with E-state index in [2.05, 4.69) is 4.98 Å². The number of rotatable bonds is 2. The lowest BCUT2D eigenvalue weighted by Crippen LogP contribution is -2.00. The first-order chi connectivity index (χ1) is 9.15. The van der Waals surface area contributed by atoms with Crippen molar-refractivity contribution < 1.29 is 5.11 Å². The molecular weight excluding hydrogens is 278 g/mol. The number of nitrogens with zero attached hydrogens (tertiary/aromatic N) is 1. The molecule has 0 saturated carbocycles. The van der Waals surface area contributed by atoms with Crippen molar-refractivity contribution in [2.24, 2.45) is 0 Å². The summed E-state index contributed by atoms with van der Waals surface area (Å²) in [6.45, 7) is 1.94. The van der Waals surface area contributed by atoms with Gasteiger partial charge in [-0.25, -0.2) is 0 Å². The number of aromatic nitrogens is 1. The normalized spacial score (nSPS) is 12.8. The van der Waals surface area contributed by atoms with Gasteiger partial charge in [0.25, 0.3) is 0 Å². The lowest BCUT2D eigenvalue weighted by Gasteiger charge is -2.12. The number of benzene rings is 1. The van der Waals surface area contributed by atoms with E-state index >= 15 is 0 Å². The van der Waals surface area contributed by atoms with Crippen molar-refractivity contribution >= 4 is 33.2 Å². The monoisotopic (exact) mass is 289 g/mol. The number of fused-ring (bicyclic) bond motifs is 1. The molecule has 3 aromatic rings. The number of thiophene rings is 1. The highest BCUT2D eigenvalue weighted by Crippen LogP contribution is 2.28. The van der Waals surface area contributed by atoms with Crippen LogP contribution in [0.4, 0.5) is 0 Å². The van der Waals surface area contributed by atoms with Crippen LogP contribution in [-0.2, 0) is 0 Å². The number of hydrogen-bond acceptors (Lipinski definition) is 3. The third-order valence-electron chi connectivity index (χ3n) is 3.15. The molecule has 0 radical (unpaired) electrons. The van der Waals surface area contributed by atoms with Crippen LogP contribution < -0.4 is 0 Å². The van der Waals surface area contributed by atoms with Crippen LogP contribution >= 0.6 is 22.9 Å². The summed E-state index contributed by atoms with van der Waals surface area (Å²) >= 11 is 7.72. The van der Waals surface area contributed by atoms with Gasteiger partial charge in [0.1, 0.15) is 6.10 Å². The molecular formula is C15H12ClNOS. The number of aryl methyl sites for hydroxylation is 1. The molecule has 4 heteroatoms. The van der Waals surface area contributed by atoms with Crippen LogP contribution in [0, 0.1) is 6.92 Å². The second-order valence-electron chi connectivity index (χ2n) is 4.48. The molecule has 0 aliphatic heterocycles. The molecule has 0 amide bonds. The van der Waals surface area contributed by atoms with E-state index in [0.29, 0.717) is 5.02 Å². The predicted molar refractivity (Wildman–Crippen MR) is 79.9 cm³/mol. The SMILES string of the molecule is Cc1ccc(C(O)c2cnc3ccsc3c2)cc1Cl. The Morgan fingerprint density at radius 1 is 1.21 bits per heavy atom. The quantitative estimate of drug-likeness (QED) is 0.761. The molecule has 2 nitrogen and oxygen atoms in total. The topological polar surface area (TPSA) is 33.1 Å². The zero-order valence-electron chi connectivity index (χ0n) is 10.3. The van der Waals surface area contributed by atoms with E-state index in [1.54, 1.807) is 23.6 Å². The highest BCUT2D eigenvalue weighted by Gasteiger charge is 2.13. The van der Waals surface area contributed by atoms with Crippen molar-refractivity contribution in [3.05, 3.63) is 63.6 Å². The number of halogens is 1. The smallest absolute Gasteiger partial charge is 0.106 e. The molecule has 1 atom stereocenters. The Morgan fingerprint density at radius 3 is 2.84 bits per heavy atom. The molecule has 96 valence electrons. The second kappa shape index (κ2) is 4.93. The Bertz CT molecular complexity index is 738. The standard InChI is InChI=1S/C15H12ClNOS/c1-9-2-3-10(6-12(9)16)15(18)11-7-14-13(17-8-11)4-5-19-14/h2-8,15,18H,1H3. The molecule has 0 aliphatic rings. The van der Waals surface area contributed by atoms with Gasteiger partial charge in [0.05, 0.1) is 10.2 Å². The molecule has 2 heterocycles. The molecule has 2 aromatic heterocycles. The van der Waals surface area contributed by atoms with E-state index in [-0.39, 0.29) is 0 Å². The highest BCUT2D eigenvalue weighted by atomic mass is 35.5. The van der Waals surface area contributed by atoms with Gasteiger partial charge < -0.3 is 5.11 Å². The van der Waals surface area contributed by atoms with Crippen LogP contribution in [-0.4, -0.2) is 10.1 Å². The molecule has 0 aliphatic carbocycles. The summed E-state index contributed by atoms with van der Waals surface area (Å²) in [5, 5.41) is 13.1. The lowest BCUT2D eigenvalue weighted by molar-refractivity contribution is 0.220. The van der Waals surface area contributed by atoms with E-state index in [1.165, 1.54) is 0 Å². The van der Waals surface area contributed by atoms with Crippen LogP contribution in [0.5, 0.6) is 0 Å². The average molecular weight is 290 g/mol. The Kier molecular flexibility index (Phi) is 3.27. The summed E-state index contributed by atoms with van der Waals surface area (Å²) in [6, 6.07) is 9.56. The molecule has 0 fully saturated rings. The Labute approximate surface area is 120 Å². The fourth-order valence-corrected chi connectivity index (χ4v) is 2.96. The number of aliphatic hydroxyl groups is 1. The molecule has 0 spiro atoms. The van der Waals surface area contributed by atoms with E-state index in [4.69, 9.17) is 11.6 Å². The molecule has 1 aromatic carbocycles. The van der Waals surface area contributed by atoms with Gasteiger partial charge >= 0.3 is 0 Å². The fraction of sp³-hybridized carbons (Fsp3) is 0.133. The van der Waals surface area contributed by atoms with Gasteiger partial charge in [-0.15, -0.1) is 11.3 Å². The Balaban J connectivity index is 2.01. The first-order valence-electron chi connectivity index (χ1n) is 5.92. The summed E-state index contributed by atoms with van der Waals surface area (Å²) in [5.74, 6) is 0. The van der Waals surface area contributed by atoms with Gasteiger partial charge in [0, 0.05) is 16.8 Å². The van der Waals surface area contributed by atoms with E-state index in [0.717, 1.165) is 26.9 Å². The average Bonchev–Trinajstić information content (AvgIpc) is 2.88. The molecule has 3 rings (SSSR count). The summed E-state index contributed by atoms with van der Waals surface area (Å²) in [5.41, 5.74) is 3.54. The summed E-state index contributed by atoms with van der Waals surface area (Å²) in [6.07, 6.45) is 1.02. The number of pyridine rings is 1. The fourth-order valence-electron chi connectivity index (χ4n) is 1.98. The van der Waals surface area contributed by atoms with Gasteiger partial charge in [-0.2, -0.15) is 0 Å². The van der Waals surface area contributed by atoms with Crippen LogP contribution in [0.1, 0.15) is 22.8 Å². The maximum Gasteiger partial charge on any atom is 0.106 e. The largest absolute Gasteiger partial charge is 0.384 e. The van der Waals surface area contributed by atoms with Crippen LogP contribution in [0.25, 0.3) is 10.2 Å². The van der Waals surface area contributed by atoms with Gasteiger partial charge in [0.2, 0.25) is 0 Å². The first kappa shape index (κ1) is 12.6.